The molecule has 0 aliphatic rings. The van der Waals surface area contributed by atoms with Gasteiger partial charge in [0.2, 0.25) is 15.9 Å². The molecule has 0 spiro atoms. The quantitative estimate of drug-likeness (QED) is 0.379. The van der Waals surface area contributed by atoms with Crippen LogP contribution in [0.2, 0.25) is 0 Å². The third-order valence-electron chi connectivity index (χ3n) is 4.97. The number of benzene rings is 2. The van der Waals surface area contributed by atoms with E-state index in [0.717, 1.165) is 16.9 Å². The second kappa shape index (κ2) is 11.8. The molecule has 3 aromatic rings. The summed E-state index contributed by atoms with van der Waals surface area (Å²) in [4.78, 5) is 0.125. The first-order chi connectivity index (χ1) is 16.3. The van der Waals surface area contributed by atoms with Gasteiger partial charge in [0.05, 0.1) is 18.9 Å². The van der Waals surface area contributed by atoms with E-state index >= 15 is 0 Å². The largest absolute Gasteiger partial charge is 0.494 e. The predicted octanol–water partition coefficient (Wildman–Crippen LogP) is 4.42. The summed E-state index contributed by atoms with van der Waals surface area (Å²) in [6, 6.07) is 16.3. The Kier molecular flexibility index (Phi) is 8.84. The van der Waals surface area contributed by atoms with Crippen LogP contribution in [0.25, 0.3) is 11.3 Å². The molecular formula is C25H31N3O5S. The molecule has 1 heterocycles. The van der Waals surface area contributed by atoms with Crippen molar-refractivity contribution in [3.63, 3.8) is 0 Å². The Morgan fingerprint density at radius 1 is 0.882 bits per heavy atom. The number of rotatable bonds is 12. The van der Waals surface area contributed by atoms with Crippen LogP contribution in [0.5, 0.6) is 17.4 Å². The van der Waals surface area contributed by atoms with Crippen molar-refractivity contribution in [1.29, 1.82) is 0 Å². The van der Waals surface area contributed by atoms with Crippen LogP contribution in [-0.4, -0.2) is 45.0 Å². The molecule has 0 atom stereocenters. The second-order valence-electron chi connectivity index (χ2n) is 7.75. The van der Waals surface area contributed by atoms with Gasteiger partial charge in [0.1, 0.15) is 23.0 Å². The third kappa shape index (κ3) is 6.68. The number of hydrogen-bond donors (Lipinski definition) is 1. The first-order valence-corrected chi connectivity index (χ1v) is 12.8. The topological polar surface area (TPSA) is 99.6 Å². The Labute approximate surface area is 201 Å². The smallest absolute Gasteiger partial charge is 0.244 e. The van der Waals surface area contributed by atoms with Crippen molar-refractivity contribution in [2.24, 2.45) is 0 Å². The van der Waals surface area contributed by atoms with Gasteiger partial charge in [0, 0.05) is 18.2 Å². The van der Waals surface area contributed by atoms with E-state index in [0.29, 0.717) is 30.5 Å². The van der Waals surface area contributed by atoms with Gasteiger partial charge in [-0.1, -0.05) is 19.9 Å². The summed E-state index contributed by atoms with van der Waals surface area (Å²) >= 11 is 0. The summed E-state index contributed by atoms with van der Waals surface area (Å²) in [5, 5.41) is 8.26. The molecule has 182 valence electrons. The van der Waals surface area contributed by atoms with Crippen LogP contribution in [-0.2, 0) is 10.0 Å². The highest BCUT2D eigenvalue weighted by atomic mass is 32.2. The third-order valence-corrected chi connectivity index (χ3v) is 6.45. The molecule has 0 saturated carbocycles. The lowest BCUT2D eigenvalue weighted by atomic mass is 10.0. The molecule has 0 amide bonds. The van der Waals surface area contributed by atoms with Gasteiger partial charge in [-0.25, -0.2) is 13.1 Å². The Morgan fingerprint density at radius 3 is 2.24 bits per heavy atom. The van der Waals surface area contributed by atoms with E-state index in [4.69, 9.17) is 14.2 Å². The van der Waals surface area contributed by atoms with E-state index in [1.54, 1.807) is 24.3 Å². The van der Waals surface area contributed by atoms with E-state index < -0.39 is 10.0 Å². The first-order valence-electron chi connectivity index (χ1n) is 11.3. The summed E-state index contributed by atoms with van der Waals surface area (Å²) in [6.07, 6.45) is 0. The number of nitrogens with one attached hydrogen (secondary N) is 1. The van der Waals surface area contributed by atoms with Crippen LogP contribution < -0.4 is 18.9 Å². The van der Waals surface area contributed by atoms with E-state index in [1.165, 1.54) is 0 Å². The molecule has 34 heavy (non-hydrogen) atoms. The minimum Gasteiger partial charge on any atom is -0.494 e. The van der Waals surface area contributed by atoms with Crippen LogP contribution in [0.15, 0.2) is 59.5 Å². The minimum absolute atomic E-state index is 0.0716. The summed E-state index contributed by atoms with van der Waals surface area (Å²) in [6.45, 7) is 8.93. The Bertz CT molecular complexity index is 1160. The molecule has 3 rings (SSSR count). The molecular weight excluding hydrogens is 454 g/mol. The molecule has 0 radical (unpaired) electrons. The summed E-state index contributed by atoms with van der Waals surface area (Å²) in [5.74, 6) is 1.63. The Morgan fingerprint density at radius 2 is 1.62 bits per heavy atom. The van der Waals surface area contributed by atoms with Gasteiger partial charge in [0.15, 0.2) is 0 Å². The van der Waals surface area contributed by atoms with Crippen LogP contribution in [0.4, 0.5) is 0 Å². The van der Waals surface area contributed by atoms with Gasteiger partial charge in [-0.05, 0) is 67.8 Å². The van der Waals surface area contributed by atoms with Crippen molar-refractivity contribution in [2.45, 2.75) is 38.5 Å². The minimum atomic E-state index is -3.78. The summed E-state index contributed by atoms with van der Waals surface area (Å²) in [7, 11) is -3.78. The van der Waals surface area contributed by atoms with Gasteiger partial charge >= 0.3 is 0 Å². The number of aromatic nitrogens is 2. The molecule has 0 saturated heterocycles. The Hall–Kier alpha value is -3.17. The van der Waals surface area contributed by atoms with Crippen molar-refractivity contribution in [3.8, 4) is 28.6 Å². The molecule has 0 bridgehead atoms. The van der Waals surface area contributed by atoms with Gasteiger partial charge in [-0.3, -0.25) is 0 Å². The van der Waals surface area contributed by atoms with Crippen LogP contribution in [0.1, 0.15) is 39.2 Å². The van der Waals surface area contributed by atoms with Crippen molar-refractivity contribution in [3.05, 3.63) is 60.2 Å². The highest BCUT2D eigenvalue weighted by Crippen LogP contribution is 2.28. The molecule has 1 N–H and O–H groups in total. The second-order valence-corrected chi connectivity index (χ2v) is 9.49. The molecule has 1 aromatic heterocycles. The molecule has 0 aliphatic heterocycles. The SMILES string of the molecule is CCOc1ccc(-c2ccc(OCCNS(=O)(=O)c3cc(C(C)C)ccc3OCC)nn2)cc1. The van der Waals surface area contributed by atoms with Crippen LogP contribution in [0.3, 0.4) is 0 Å². The molecule has 0 fully saturated rings. The monoisotopic (exact) mass is 485 g/mol. The number of ether oxygens (including phenoxy) is 3. The normalized spacial score (nSPS) is 11.4. The fourth-order valence-corrected chi connectivity index (χ4v) is 4.41. The first kappa shape index (κ1) is 25.5. The Balaban J connectivity index is 1.58. The number of hydrogen-bond acceptors (Lipinski definition) is 7. The lowest BCUT2D eigenvalue weighted by Gasteiger charge is -2.15. The highest BCUT2D eigenvalue weighted by Gasteiger charge is 2.21. The van der Waals surface area contributed by atoms with Crippen LogP contribution in [0, 0.1) is 0 Å². The van der Waals surface area contributed by atoms with Gasteiger partial charge in [0.25, 0.3) is 0 Å². The zero-order valence-electron chi connectivity index (χ0n) is 19.9. The number of nitrogens with zero attached hydrogens (tertiary/aromatic N) is 2. The predicted molar refractivity (Wildman–Crippen MR) is 131 cm³/mol. The van der Waals surface area contributed by atoms with E-state index in [-0.39, 0.29) is 24.0 Å². The maximum atomic E-state index is 12.9. The molecule has 8 nitrogen and oxygen atoms in total. The molecule has 0 unspecified atom stereocenters. The van der Waals surface area contributed by atoms with Gasteiger partial charge < -0.3 is 14.2 Å². The van der Waals surface area contributed by atoms with E-state index in [2.05, 4.69) is 14.9 Å². The summed E-state index contributed by atoms with van der Waals surface area (Å²) in [5.41, 5.74) is 2.52. The maximum absolute atomic E-state index is 12.9. The van der Waals surface area contributed by atoms with Gasteiger partial charge in [-0.15, -0.1) is 10.2 Å². The van der Waals surface area contributed by atoms with Crippen molar-refractivity contribution in [2.75, 3.05) is 26.4 Å². The fraction of sp³-hybridized carbons (Fsp3) is 0.360. The lowest BCUT2D eigenvalue weighted by molar-refractivity contribution is 0.306. The standard InChI is InChI=1S/C25H31N3O5S/c1-5-31-21-10-7-19(8-11-21)22-12-14-25(28-27-22)33-16-15-26-34(29,30)24-17-20(18(3)4)9-13-23(24)32-6-2/h7-14,17-18,26H,5-6,15-16H2,1-4H3. The highest BCUT2D eigenvalue weighted by molar-refractivity contribution is 7.89. The van der Waals surface area contributed by atoms with Crippen LogP contribution >= 0.6 is 0 Å². The van der Waals surface area contributed by atoms with Crippen molar-refractivity contribution in [1.82, 2.24) is 14.9 Å². The molecule has 9 heteroatoms. The number of sulfonamides is 1. The van der Waals surface area contributed by atoms with Gasteiger partial charge in [-0.2, -0.15) is 0 Å². The summed E-state index contributed by atoms with van der Waals surface area (Å²) < 4.78 is 44.9. The van der Waals surface area contributed by atoms with E-state index in [1.807, 2.05) is 58.0 Å². The molecule has 2 aromatic carbocycles. The zero-order chi connectivity index (χ0) is 24.6. The van der Waals surface area contributed by atoms with E-state index in [9.17, 15) is 8.42 Å². The molecule has 0 aliphatic carbocycles. The average Bonchev–Trinajstić information content (AvgIpc) is 2.83. The lowest BCUT2D eigenvalue weighted by Crippen LogP contribution is -2.29. The zero-order valence-corrected chi connectivity index (χ0v) is 20.8. The fourth-order valence-electron chi connectivity index (χ4n) is 3.22. The maximum Gasteiger partial charge on any atom is 0.244 e. The van der Waals surface area contributed by atoms with Crippen molar-refractivity contribution < 1.29 is 22.6 Å². The van der Waals surface area contributed by atoms with Crippen molar-refractivity contribution >= 4 is 10.0 Å². The average molecular weight is 486 g/mol.